The fraction of sp³-hybridized carbons (Fsp3) is 0.500. The van der Waals surface area contributed by atoms with Crippen LogP contribution in [0.5, 0.6) is 0 Å². The van der Waals surface area contributed by atoms with Crippen LogP contribution < -0.4 is 0 Å². The number of carbonyl (C=O) groups is 1. The second-order valence-corrected chi connectivity index (χ2v) is 10.1. The van der Waals surface area contributed by atoms with Crippen LogP contribution >= 0.6 is 0 Å². The Hall–Kier alpha value is -1.99. The largest absolute Gasteiger partial charge is 0.380 e. The van der Waals surface area contributed by atoms with E-state index in [0.717, 1.165) is 29.4 Å². The molecule has 5 rings (SSSR count). The summed E-state index contributed by atoms with van der Waals surface area (Å²) in [4.78, 5) is 20.1. The van der Waals surface area contributed by atoms with Gasteiger partial charge in [-0.05, 0) is 31.4 Å². The van der Waals surface area contributed by atoms with Gasteiger partial charge in [-0.1, -0.05) is 18.2 Å². The van der Waals surface area contributed by atoms with Gasteiger partial charge in [0, 0.05) is 30.1 Å². The number of amides is 1. The summed E-state index contributed by atoms with van der Waals surface area (Å²) in [7, 11) is -3.22. The molecule has 0 spiro atoms. The molecule has 3 heterocycles. The third-order valence-corrected chi connectivity index (χ3v) is 8.09. The van der Waals surface area contributed by atoms with E-state index in [4.69, 9.17) is 9.72 Å². The molecular weight excluding hydrogens is 364 g/mol. The Labute approximate surface area is 158 Å². The maximum absolute atomic E-state index is 13.5. The molecule has 1 saturated carbocycles. The molecule has 27 heavy (non-hydrogen) atoms. The van der Waals surface area contributed by atoms with E-state index in [0.29, 0.717) is 24.5 Å². The van der Waals surface area contributed by atoms with Crippen molar-refractivity contribution in [3.63, 3.8) is 0 Å². The Bertz CT molecular complexity index is 1020. The Morgan fingerprint density at radius 2 is 2.00 bits per heavy atom. The van der Waals surface area contributed by atoms with Crippen molar-refractivity contribution in [3.8, 4) is 0 Å². The predicted octanol–water partition coefficient (Wildman–Crippen LogP) is 2.14. The molecule has 3 fully saturated rings. The lowest BCUT2D eigenvalue weighted by Gasteiger charge is -2.43. The van der Waals surface area contributed by atoms with Crippen molar-refractivity contribution < 1.29 is 17.9 Å². The first kappa shape index (κ1) is 17.1. The highest BCUT2D eigenvalue weighted by Gasteiger charge is 2.45. The number of carbonyl (C=O) groups excluding carboxylic acids is 1. The van der Waals surface area contributed by atoms with Crippen molar-refractivity contribution in [1.82, 2.24) is 9.88 Å². The number of sulfone groups is 1. The highest BCUT2D eigenvalue weighted by molar-refractivity contribution is 7.92. The molecule has 2 aromatic rings. The van der Waals surface area contributed by atoms with Gasteiger partial charge in [-0.3, -0.25) is 9.78 Å². The van der Waals surface area contributed by atoms with Gasteiger partial charge in [0.15, 0.2) is 9.84 Å². The molecule has 1 amide bonds. The first-order valence-electron chi connectivity index (χ1n) is 9.54. The van der Waals surface area contributed by atoms with E-state index < -0.39 is 15.1 Å². The number of pyridine rings is 1. The molecule has 0 unspecified atom stereocenters. The van der Waals surface area contributed by atoms with Crippen molar-refractivity contribution in [1.29, 1.82) is 0 Å². The summed E-state index contributed by atoms with van der Waals surface area (Å²) < 4.78 is 30.3. The molecule has 0 bridgehead atoms. The minimum atomic E-state index is -3.22. The third-order valence-electron chi connectivity index (χ3n) is 5.97. The zero-order valence-corrected chi connectivity index (χ0v) is 15.8. The van der Waals surface area contributed by atoms with Crippen LogP contribution in [0.15, 0.2) is 30.3 Å². The molecular formula is C20H22N2O4S. The zero-order chi connectivity index (χ0) is 18.6. The fourth-order valence-corrected chi connectivity index (χ4v) is 6.13. The van der Waals surface area contributed by atoms with Gasteiger partial charge in [-0.2, -0.15) is 0 Å². The lowest BCUT2D eigenvalue weighted by Crippen LogP contribution is -2.60. The molecule has 1 aromatic carbocycles. The van der Waals surface area contributed by atoms with Gasteiger partial charge < -0.3 is 9.64 Å². The molecule has 142 valence electrons. The van der Waals surface area contributed by atoms with Crippen LogP contribution in [0.4, 0.5) is 0 Å². The lowest BCUT2D eigenvalue weighted by molar-refractivity contribution is 0.0295. The molecule has 7 heteroatoms. The molecule has 3 aliphatic rings. The van der Waals surface area contributed by atoms with E-state index in [2.05, 4.69) is 0 Å². The predicted molar refractivity (Wildman–Crippen MR) is 102 cm³/mol. The lowest BCUT2D eigenvalue weighted by atomic mass is 10.0. The van der Waals surface area contributed by atoms with E-state index in [-0.39, 0.29) is 30.9 Å². The Morgan fingerprint density at radius 1 is 1.19 bits per heavy atom. The number of benzene rings is 1. The average molecular weight is 386 g/mol. The summed E-state index contributed by atoms with van der Waals surface area (Å²) in [5.41, 5.74) is 2.45. The third kappa shape index (κ3) is 2.93. The number of hydrogen-bond donors (Lipinski definition) is 0. The van der Waals surface area contributed by atoms with E-state index in [1.807, 2.05) is 30.3 Å². The summed E-state index contributed by atoms with van der Waals surface area (Å²) >= 11 is 0. The van der Waals surface area contributed by atoms with Crippen LogP contribution in [-0.4, -0.2) is 61.0 Å². The van der Waals surface area contributed by atoms with Gasteiger partial charge in [0.2, 0.25) is 0 Å². The first-order valence-corrected chi connectivity index (χ1v) is 11.3. The second-order valence-electron chi connectivity index (χ2n) is 7.72. The van der Waals surface area contributed by atoms with Gasteiger partial charge in [-0.25, -0.2) is 8.42 Å². The number of aromatic nitrogens is 1. The number of hydrogen-bond acceptors (Lipinski definition) is 5. The van der Waals surface area contributed by atoms with Crippen molar-refractivity contribution in [3.05, 3.63) is 41.6 Å². The maximum atomic E-state index is 13.5. The van der Waals surface area contributed by atoms with Gasteiger partial charge in [0.25, 0.3) is 5.91 Å². The van der Waals surface area contributed by atoms with Crippen LogP contribution in [0.2, 0.25) is 0 Å². The van der Waals surface area contributed by atoms with Crippen molar-refractivity contribution >= 4 is 26.6 Å². The van der Waals surface area contributed by atoms with E-state index in [9.17, 15) is 13.2 Å². The summed E-state index contributed by atoms with van der Waals surface area (Å²) in [5, 5.41) is 0.226. The average Bonchev–Trinajstić information content (AvgIpc) is 3.52. The van der Waals surface area contributed by atoms with Crippen LogP contribution in [-0.2, 0) is 14.6 Å². The molecule has 6 nitrogen and oxygen atoms in total. The number of fused-ring (bicyclic) bond motifs is 2. The zero-order valence-electron chi connectivity index (χ0n) is 15.0. The van der Waals surface area contributed by atoms with Gasteiger partial charge in [0.1, 0.15) is 5.25 Å². The monoisotopic (exact) mass is 386 g/mol. The Kier molecular flexibility index (Phi) is 3.98. The Morgan fingerprint density at radius 3 is 2.81 bits per heavy atom. The van der Waals surface area contributed by atoms with E-state index in [1.165, 1.54) is 0 Å². The minimum absolute atomic E-state index is 0.00175. The molecule has 1 aliphatic carbocycles. The highest BCUT2D eigenvalue weighted by Crippen LogP contribution is 2.40. The normalized spacial score (nSPS) is 27.3. The number of para-hydroxylation sites is 1. The first-order chi connectivity index (χ1) is 13.0. The summed E-state index contributed by atoms with van der Waals surface area (Å²) in [6.45, 7) is 0.920. The summed E-state index contributed by atoms with van der Waals surface area (Å²) in [5.74, 6) is 0.364. The van der Waals surface area contributed by atoms with E-state index in [1.54, 1.807) is 4.90 Å². The Balaban J connectivity index is 1.57. The van der Waals surface area contributed by atoms with E-state index >= 15 is 0 Å². The molecule has 0 radical (unpaired) electrons. The minimum Gasteiger partial charge on any atom is -0.380 e. The van der Waals surface area contributed by atoms with Crippen molar-refractivity contribution in [2.24, 2.45) is 0 Å². The number of ether oxygens (including phenoxy) is 1. The quantitative estimate of drug-likeness (QED) is 0.790. The highest BCUT2D eigenvalue weighted by atomic mass is 32.2. The van der Waals surface area contributed by atoms with Crippen LogP contribution in [0.3, 0.4) is 0 Å². The smallest absolute Gasteiger partial charge is 0.254 e. The van der Waals surface area contributed by atoms with Crippen molar-refractivity contribution in [2.45, 2.75) is 36.5 Å². The molecule has 2 atom stereocenters. The summed E-state index contributed by atoms with van der Waals surface area (Å²) in [6.07, 6.45) is 2.79. The van der Waals surface area contributed by atoms with Gasteiger partial charge in [0.05, 0.1) is 29.5 Å². The molecule has 2 saturated heterocycles. The SMILES string of the molecule is O=C(c1cc(C2CC2)nc2ccccc12)N1CCS(=O)(=O)[C@H]2COCC[C@H]21. The number of nitrogens with zero attached hydrogens (tertiary/aromatic N) is 2. The standard InChI is InChI=1S/C20H22N2O4S/c23-20(22-8-10-27(24,25)19-12-26-9-7-18(19)22)15-11-17(13-5-6-13)21-16-4-2-1-3-14(15)16/h1-4,11,13,18-19H,5-10,12H2/t18-,19+/m1/s1. The van der Waals surface area contributed by atoms with Crippen LogP contribution in [0.25, 0.3) is 10.9 Å². The fourth-order valence-electron chi connectivity index (χ4n) is 4.31. The molecule has 2 aliphatic heterocycles. The van der Waals surface area contributed by atoms with Gasteiger partial charge >= 0.3 is 0 Å². The second kappa shape index (κ2) is 6.27. The van der Waals surface area contributed by atoms with Gasteiger partial charge in [-0.15, -0.1) is 0 Å². The topological polar surface area (TPSA) is 76.6 Å². The molecule has 1 aromatic heterocycles. The number of rotatable bonds is 2. The van der Waals surface area contributed by atoms with Crippen LogP contribution in [0.1, 0.15) is 41.2 Å². The van der Waals surface area contributed by atoms with Crippen molar-refractivity contribution in [2.75, 3.05) is 25.5 Å². The summed E-state index contributed by atoms with van der Waals surface area (Å²) in [6, 6.07) is 9.34. The maximum Gasteiger partial charge on any atom is 0.254 e. The molecule has 0 N–H and O–H groups in total. The van der Waals surface area contributed by atoms with Crippen LogP contribution in [0, 0.1) is 0 Å².